The van der Waals surface area contributed by atoms with Crippen molar-refractivity contribution in [3.8, 4) is 11.5 Å². The molecule has 0 spiro atoms. The molecular weight excluding hydrogens is 308 g/mol. The first kappa shape index (κ1) is 16.3. The molecule has 1 N–H and O–H groups in total. The van der Waals surface area contributed by atoms with Gasteiger partial charge in [0.1, 0.15) is 18.5 Å². The van der Waals surface area contributed by atoms with E-state index >= 15 is 0 Å². The first-order chi connectivity index (χ1) is 11.7. The quantitative estimate of drug-likeness (QED) is 0.650. The summed E-state index contributed by atoms with van der Waals surface area (Å²) in [5.41, 5.74) is 0.903. The topological polar surface area (TPSA) is 73.6 Å². The van der Waals surface area contributed by atoms with Gasteiger partial charge in [0.25, 0.3) is 0 Å². The average molecular weight is 328 g/mol. The van der Waals surface area contributed by atoms with Crippen LogP contribution in [0, 0.1) is 10.1 Å². The van der Waals surface area contributed by atoms with Gasteiger partial charge in [-0.3, -0.25) is 10.1 Å². The van der Waals surface area contributed by atoms with Crippen LogP contribution in [0.5, 0.6) is 11.5 Å². The van der Waals surface area contributed by atoms with Crippen LogP contribution in [0.3, 0.4) is 0 Å². The molecule has 2 aromatic carbocycles. The highest BCUT2D eigenvalue weighted by Gasteiger charge is 2.19. The fraction of sp³-hybridized carbons (Fsp3) is 0.333. The Balaban J connectivity index is 1.74. The Hall–Kier alpha value is -2.60. The maximum Gasteiger partial charge on any atom is 0.311 e. The van der Waals surface area contributed by atoms with E-state index in [1.165, 1.54) is 6.07 Å². The summed E-state index contributed by atoms with van der Waals surface area (Å²) in [6, 6.07) is 14.3. The Bertz CT molecular complexity index is 685. The fourth-order valence-corrected chi connectivity index (χ4v) is 2.68. The normalized spacial score (nSPS) is 15.0. The van der Waals surface area contributed by atoms with E-state index in [1.54, 1.807) is 12.1 Å². The number of ether oxygens (including phenoxy) is 2. The second kappa shape index (κ2) is 7.79. The summed E-state index contributed by atoms with van der Waals surface area (Å²) in [6.45, 7) is 2.13. The number of piperidine rings is 1. The van der Waals surface area contributed by atoms with Gasteiger partial charge in [-0.15, -0.1) is 0 Å². The van der Waals surface area contributed by atoms with Crippen LogP contribution in [-0.4, -0.2) is 24.1 Å². The zero-order valence-electron chi connectivity index (χ0n) is 13.3. The van der Waals surface area contributed by atoms with E-state index in [0.717, 1.165) is 31.5 Å². The lowest BCUT2D eigenvalue weighted by Crippen LogP contribution is -2.34. The molecule has 0 amide bonds. The van der Waals surface area contributed by atoms with Gasteiger partial charge in [-0.1, -0.05) is 30.3 Å². The van der Waals surface area contributed by atoms with E-state index in [9.17, 15) is 10.1 Å². The van der Waals surface area contributed by atoms with Crippen LogP contribution in [0.2, 0.25) is 0 Å². The third-order valence-corrected chi connectivity index (χ3v) is 3.95. The number of nitro groups is 1. The summed E-state index contributed by atoms with van der Waals surface area (Å²) in [7, 11) is 0. The van der Waals surface area contributed by atoms with Crippen LogP contribution in [0.25, 0.3) is 0 Å². The van der Waals surface area contributed by atoms with Gasteiger partial charge in [-0.2, -0.15) is 0 Å². The molecule has 6 nitrogen and oxygen atoms in total. The number of nitrogens with zero attached hydrogens (tertiary/aromatic N) is 1. The molecule has 0 atom stereocenters. The number of hydrogen-bond acceptors (Lipinski definition) is 5. The molecule has 1 heterocycles. The number of benzene rings is 2. The van der Waals surface area contributed by atoms with Gasteiger partial charge in [0, 0.05) is 12.1 Å². The highest BCUT2D eigenvalue weighted by molar-refractivity contribution is 5.50. The molecule has 0 aliphatic carbocycles. The highest BCUT2D eigenvalue weighted by atomic mass is 16.6. The van der Waals surface area contributed by atoms with E-state index in [1.807, 2.05) is 30.3 Å². The Labute approximate surface area is 140 Å². The predicted molar refractivity (Wildman–Crippen MR) is 90.4 cm³/mol. The van der Waals surface area contributed by atoms with Crippen molar-refractivity contribution in [3.63, 3.8) is 0 Å². The van der Waals surface area contributed by atoms with E-state index in [2.05, 4.69) is 5.32 Å². The standard InChI is InChI=1S/C18H20N2O4/c21-20(22)17-7-6-16(24-15-8-10-19-11-9-15)12-18(17)23-13-14-4-2-1-3-5-14/h1-7,12,15,19H,8-11,13H2. The maximum absolute atomic E-state index is 11.2. The Morgan fingerprint density at radius 1 is 1.12 bits per heavy atom. The average Bonchev–Trinajstić information content (AvgIpc) is 2.61. The van der Waals surface area contributed by atoms with Gasteiger partial charge >= 0.3 is 5.69 Å². The molecule has 1 aliphatic heterocycles. The van der Waals surface area contributed by atoms with Crippen molar-refractivity contribution in [2.24, 2.45) is 0 Å². The smallest absolute Gasteiger partial charge is 0.311 e. The molecule has 2 aromatic rings. The molecule has 0 aromatic heterocycles. The zero-order chi connectivity index (χ0) is 16.8. The van der Waals surface area contributed by atoms with Gasteiger partial charge in [0.05, 0.1) is 4.92 Å². The monoisotopic (exact) mass is 328 g/mol. The molecule has 3 rings (SSSR count). The Kier molecular flexibility index (Phi) is 5.28. The maximum atomic E-state index is 11.2. The van der Waals surface area contributed by atoms with Crippen LogP contribution in [0.15, 0.2) is 48.5 Å². The summed E-state index contributed by atoms with van der Waals surface area (Å²) in [5, 5.41) is 14.5. The zero-order valence-corrected chi connectivity index (χ0v) is 13.3. The number of nitrogens with one attached hydrogen (secondary N) is 1. The molecule has 0 unspecified atom stereocenters. The molecule has 126 valence electrons. The van der Waals surface area contributed by atoms with Crippen LogP contribution in [0.1, 0.15) is 18.4 Å². The van der Waals surface area contributed by atoms with Crippen molar-refractivity contribution in [2.45, 2.75) is 25.6 Å². The van der Waals surface area contributed by atoms with Crippen LogP contribution in [-0.2, 0) is 6.61 Å². The molecule has 0 bridgehead atoms. The van der Waals surface area contributed by atoms with Gasteiger partial charge in [-0.05, 0) is 37.6 Å². The molecule has 1 fully saturated rings. The number of nitro benzene ring substituents is 1. The second-order valence-corrected chi connectivity index (χ2v) is 5.73. The van der Waals surface area contributed by atoms with Crippen LogP contribution >= 0.6 is 0 Å². The first-order valence-corrected chi connectivity index (χ1v) is 8.05. The van der Waals surface area contributed by atoms with Crippen molar-refractivity contribution < 1.29 is 14.4 Å². The summed E-state index contributed by atoms with van der Waals surface area (Å²) >= 11 is 0. The van der Waals surface area contributed by atoms with Gasteiger partial charge in [0.15, 0.2) is 0 Å². The lowest BCUT2D eigenvalue weighted by Gasteiger charge is -2.24. The third kappa shape index (κ3) is 4.23. The first-order valence-electron chi connectivity index (χ1n) is 8.05. The van der Waals surface area contributed by atoms with E-state index in [4.69, 9.17) is 9.47 Å². The van der Waals surface area contributed by atoms with Gasteiger partial charge < -0.3 is 14.8 Å². The molecular formula is C18H20N2O4. The minimum Gasteiger partial charge on any atom is -0.490 e. The Morgan fingerprint density at radius 2 is 1.88 bits per heavy atom. The highest BCUT2D eigenvalue weighted by Crippen LogP contribution is 2.32. The van der Waals surface area contributed by atoms with Crippen LogP contribution in [0.4, 0.5) is 5.69 Å². The van der Waals surface area contributed by atoms with Crippen molar-refractivity contribution in [1.82, 2.24) is 5.32 Å². The van der Waals surface area contributed by atoms with Crippen molar-refractivity contribution in [2.75, 3.05) is 13.1 Å². The fourth-order valence-electron chi connectivity index (χ4n) is 2.68. The third-order valence-electron chi connectivity index (χ3n) is 3.95. The molecule has 0 saturated carbocycles. The lowest BCUT2D eigenvalue weighted by atomic mass is 10.1. The van der Waals surface area contributed by atoms with Crippen molar-refractivity contribution >= 4 is 5.69 Å². The minimum atomic E-state index is -0.436. The van der Waals surface area contributed by atoms with Crippen LogP contribution < -0.4 is 14.8 Å². The summed E-state index contributed by atoms with van der Waals surface area (Å²) in [4.78, 5) is 10.8. The SMILES string of the molecule is O=[N+]([O-])c1ccc(OC2CCNCC2)cc1OCc1ccccc1. The van der Waals surface area contributed by atoms with E-state index < -0.39 is 4.92 Å². The predicted octanol–water partition coefficient (Wildman–Crippen LogP) is 3.30. The number of rotatable bonds is 6. The molecule has 1 aliphatic rings. The van der Waals surface area contributed by atoms with E-state index in [-0.39, 0.29) is 24.1 Å². The summed E-state index contributed by atoms with van der Waals surface area (Å²) < 4.78 is 11.6. The molecule has 0 radical (unpaired) electrons. The molecule has 6 heteroatoms. The Morgan fingerprint density at radius 3 is 2.58 bits per heavy atom. The summed E-state index contributed by atoms with van der Waals surface area (Å²) in [5.74, 6) is 0.839. The molecule has 1 saturated heterocycles. The largest absolute Gasteiger partial charge is 0.490 e. The van der Waals surface area contributed by atoms with E-state index in [0.29, 0.717) is 5.75 Å². The van der Waals surface area contributed by atoms with Crippen molar-refractivity contribution in [1.29, 1.82) is 0 Å². The molecule has 24 heavy (non-hydrogen) atoms. The van der Waals surface area contributed by atoms with Gasteiger partial charge in [0.2, 0.25) is 5.75 Å². The second-order valence-electron chi connectivity index (χ2n) is 5.73. The minimum absolute atomic E-state index is 0.0522. The van der Waals surface area contributed by atoms with Gasteiger partial charge in [-0.25, -0.2) is 0 Å². The summed E-state index contributed by atoms with van der Waals surface area (Å²) in [6.07, 6.45) is 1.99. The number of hydrogen-bond donors (Lipinski definition) is 1. The van der Waals surface area contributed by atoms with Crippen molar-refractivity contribution in [3.05, 3.63) is 64.2 Å². The lowest BCUT2D eigenvalue weighted by molar-refractivity contribution is -0.386.